The largest absolute Gasteiger partial charge is 0.394 e. The van der Waals surface area contributed by atoms with Crippen molar-refractivity contribution in [3.05, 3.63) is 44.9 Å². The number of thiazole rings is 1. The van der Waals surface area contributed by atoms with E-state index in [0.717, 1.165) is 4.88 Å². The molecule has 0 aliphatic rings. The summed E-state index contributed by atoms with van der Waals surface area (Å²) in [5.74, 6) is -1.09. The van der Waals surface area contributed by atoms with Crippen molar-refractivity contribution in [3.63, 3.8) is 0 Å². The van der Waals surface area contributed by atoms with Crippen molar-refractivity contribution < 1.29 is 30.0 Å². The van der Waals surface area contributed by atoms with Gasteiger partial charge in [0, 0.05) is 41.0 Å². The fourth-order valence-corrected chi connectivity index (χ4v) is 3.22. The van der Waals surface area contributed by atoms with Gasteiger partial charge in [-0.2, -0.15) is 0 Å². The van der Waals surface area contributed by atoms with E-state index >= 15 is 0 Å². The number of halogens is 1. The van der Waals surface area contributed by atoms with Crippen molar-refractivity contribution in [1.29, 1.82) is 0 Å². The number of aliphatic hydroxyl groups is 4. The minimum atomic E-state index is -1.10. The molecule has 1 aromatic heterocycles. The van der Waals surface area contributed by atoms with Crippen molar-refractivity contribution in [1.82, 2.24) is 15.6 Å². The maximum absolute atomic E-state index is 12.4. The molecule has 0 spiro atoms. The fraction of sp³-hybridized carbons (Fsp3) is 0.389. The molecule has 2 rings (SSSR count). The molecule has 10 nitrogen and oxygen atoms in total. The molecule has 30 heavy (non-hydrogen) atoms. The van der Waals surface area contributed by atoms with Crippen molar-refractivity contribution in [2.45, 2.75) is 18.8 Å². The van der Waals surface area contributed by atoms with Gasteiger partial charge in [-0.3, -0.25) is 9.59 Å². The molecule has 0 aliphatic heterocycles. The number of rotatable bonds is 11. The smallest absolute Gasteiger partial charge is 0.251 e. The van der Waals surface area contributed by atoms with E-state index in [9.17, 15) is 19.8 Å². The molecular formula is C18H23ClN4O6S. The van der Waals surface area contributed by atoms with Crippen molar-refractivity contribution in [3.8, 4) is 0 Å². The Labute approximate surface area is 181 Å². The lowest BCUT2D eigenvalue weighted by Gasteiger charge is -2.14. The maximum Gasteiger partial charge on any atom is 0.251 e. The summed E-state index contributed by atoms with van der Waals surface area (Å²) in [5.41, 5.74) is 0.781. The van der Waals surface area contributed by atoms with Crippen LogP contribution in [0.15, 0.2) is 24.4 Å². The van der Waals surface area contributed by atoms with Gasteiger partial charge in [-0.05, 0) is 18.2 Å². The molecule has 1 heterocycles. The van der Waals surface area contributed by atoms with Gasteiger partial charge < -0.3 is 36.4 Å². The van der Waals surface area contributed by atoms with E-state index in [0.29, 0.717) is 16.7 Å². The zero-order valence-corrected chi connectivity index (χ0v) is 17.4. The van der Waals surface area contributed by atoms with E-state index < -0.39 is 37.2 Å². The van der Waals surface area contributed by atoms with Crippen molar-refractivity contribution >= 4 is 40.4 Å². The first-order valence-electron chi connectivity index (χ1n) is 8.95. The van der Waals surface area contributed by atoms with Crippen LogP contribution in [-0.2, 0) is 6.54 Å². The van der Waals surface area contributed by atoms with Crippen LogP contribution >= 0.6 is 22.9 Å². The molecule has 0 radical (unpaired) electrons. The Hall–Kier alpha value is -2.28. The van der Waals surface area contributed by atoms with E-state index in [1.54, 1.807) is 6.20 Å². The zero-order valence-electron chi connectivity index (χ0n) is 15.8. The second kappa shape index (κ2) is 11.8. The van der Waals surface area contributed by atoms with E-state index in [2.05, 4.69) is 20.9 Å². The Balaban J connectivity index is 2.19. The number of nitrogens with one attached hydrogen (secondary N) is 3. The minimum Gasteiger partial charge on any atom is -0.394 e. The maximum atomic E-state index is 12.4. The third-order valence-electron chi connectivity index (χ3n) is 3.87. The lowest BCUT2D eigenvalue weighted by Crippen LogP contribution is -2.35. The lowest BCUT2D eigenvalue weighted by molar-refractivity contribution is 0.0800. The Bertz CT molecular complexity index is 821. The molecule has 0 saturated heterocycles. The topological polar surface area (TPSA) is 164 Å². The summed E-state index contributed by atoms with van der Waals surface area (Å²) in [6.07, 6.45) is -0.598. The number of hydrogen-bond acceptors (Lipinski definition) is 9. The van der Waals surface area contributed by atoms with Crippen LogP contribution in [0, 0.1) is 0 Å². The Morgan fingerprint density at radius 3 is 1.97 bits per heavy atom. The molecule has 0 aliphatic carbocycles. The van der Waals surface area contributed by atoms with Gasteiger partial charge in [0.25, 0.3) is 11.8 Å². The van der Waals surface area contributed by atoms with Gasteiger partial charge in [0.1, 0.15) is 0 Å². The average Bonchev–Trinajstić information content (AvgIpc) is 3.18. The highest BCUT2D eigenvalue weighted by atomic mass is 35.5. The Morgan fingerprint density at radius 2 is 1.53 bits per heavy atom. The highest BCUT2D eigenvalue weighted by molar-refractivity contribution is 7.15. The van der Waals surface area contributed by atoms with Crippen LogP contribution in [0.3, 0.4) is 0 Å². The third-order valence-corrected chi connectivity index (χ3v) is 4.98. The number of amides is 2. The summed E-state index contributed by atoms with van der Waals surface area (Å²) in [6.45, 7) is -0.948. The highest BCUT2D eigenvalue weighted by Gasteiger charge is 2.15. The first-order valence-corrected chi connectivity index (χ1v) is 10.1. The summed E-state index contributed by atoms with van der Waals surface area (Å²) in [5, 5.41) is 44.6. The van der Waals surface area contributed by atoms with Gasteiger partial charge >= 0.3 is 0 Å². The normalized spacial score (nSPS) is 12.8. The first kappa shape index (κ1) is 24.0. The number of nitrogens with zero attached hydrogens (tertiary/aromatic N) is 1. The summed E-state index contributed by atoms with van der Waals surface area (Å²) < 4.78 is 0.393. The fourth-order valence-electron chi connectivity index (χ4n) is 2.30. The molecule has 12 heteroatoms. The Kier molecular flexibility index (Phi) is 9.43. The van der Waals surface area contributed by atoms with Gasteiger partial charge in [0.15, 0.2) is 4.47 Å². The van der Waals surface area contributed by atoms with Crippen molar-refractivity contribution in [2.24, 2.45) is 0 Å². The SMILES string of the molecule is O=C(NCC(O)CO)c1cc(NCc2cnc(Cl)s2)cc(C(=O)NCC(O)CO)c1. The number of hydrogen-bond donors (Lipinski definition) is 7. The Morgan fingerprint density at radius 1 is 1.00 bits per heavy atom. The van der Waals surface area contributed by atoms with Crippen LogP contribution in [0.25, 0.3) is 0 Å². The molecule has 2 aromatic rings. The van der Waals surface area contributed by atoms with Gasteiger partial charge in [-0.25, -0.2) is 4.98 Å². The lowest BCUT2D eigenvalue weighted by atomic mass is 10.1. The summed E-state index contributed by atoms with van der Waals surface area (Å²) >= 11 is 7.10. The highest BCUT2D eigenvalue weighted by Crippen LogP contribution is 2.21. The minimum absolute atomic E-state index is 0.153. The van der Waals surface area contributed by atoms with Crippen LogP contribution in [0.4, 0.5) is 5.69 Å². The number of carbonyl (C=O) groups is 2. The van der Waals surface area contributed by atoms with Crippen LogP contribution in [0.1, 0.15) is 25.6 Å². The van der Waals surface area contributed by atoms with Gasteiger partial charge in [-0.15, -0.1) is 11.3 Å². The number of aromatic nitrogens is 1. The number of aliphatic hydroxyl groups excluding tert-OH is 4. The molecule has 0 bridgehead atoms. The summed E-state index contributed by atoms with van der Waals surface area (Å²) in [6, 6.07) is 4.42. The number of carbonyl (C=O) groups excluding carboxylic acids is 2. The van der Waals surface area contributed by atoms with Crippen LogP contribution < -0.4 is 16.0 Å². The number of benzene rings is 1. The first-order chi connectivity index (χ1) is 14.3. The molecule has 2 unspecified atom stereocenters. The predicted molar refractivity (Wildman–Crippen MR) is 112 cm³/mol. The van der Waals surface area contributed by atoms with Crippen molar-refractivity contribution in [2.75, 3.05) is 31.6 Å². The number of anilines is 1. The molecule has 0 saturated carbocycles. The third kappa shape index (κ3) is 7.52. The predicted octanol–water partition coefficient (Wildman–Crippen LogP) is -0.425. The van der Waals surface area contributed by atoms with Crippen LogP contribution in [0.5, 0.6) is 0 Å². The second-order valence-electron chi connectivity index (χ2n) is 6.32. The second-order valence-corrected chi connectivity index (χ2v) is 8.02. The molecule has 2 amide bonds. The van der Waals surface area contributed by atoms with Crippen LogP contribution in [0.2, 0.25) is 4.47 Å². The van der Waals surface area contributed by atoms with Gasteiger partial charge in [-0.1, -0.05) is 11.6 Å². The van der Waals surface area contributed by atoms with Gasteiger partial charge in [0.2, 0.25) is 0 Å². The standard InChI is InChI=1S/C18H23ClN4O6S/c19-18-23-7-15(30-18)6-20-12-2-10(16(28)21-4-13(26)8-24)1-11(3-12)17(29)22-5-14(27)9-25/h1-3,7,13-14,20,24-27H,4-6,8-9H2,(H,21,28)(H,22,29). The molecule has 1 aromatic carbocycles. The summed E-state index contributed by atoms with van der Waals surface area (Å²) in [7, 11) is 0. The quantitative estimate of drug-likeness (QED) is 0.238. The van der Waals surface area contributed by atoms with E-state index in [1.807, 2.05) is 0 Å². The molecule has 0 fully saturated rings. The van der Waals surface area contributed by atoms with Crippen LogP contribution in [-0.4, -0.2) is 75.7 Å². The molecule has 2 atom stereocenters. The van der Waals surface area contributed by atoms with E-state index in [-0.39, 0.29) is 24.2 Å². The van der Waals surface area contributed by atoms with E-state index in [4.69, 9.17) is 21.8 Å². The average molecular weight is 459 g/mol. The molecule has 7 N–H and O–H groups in total. The monoisotopic (exact) mass is 458 g/mol. The molecule has 164 valence electrons. The van der Waals surface area contributed by atoms with E-state index in [1.165, 1.54) is 29.5 Å². The summed E-state index contributed by atoms with van der Waals surface area (Å²) in [4.78, 5) is 29.6. The zero-order chi connectivity index (χ0) is 22.1. The van der Waals surface area contributed by atoms with Gasteiger partial charge in [0.05, 0.1) is 32.0 Å². The molecular weight excluding hydrogens is 436 g/mol.